The summed E-state index contributed by atoms with van der Waals surface area (Å²) in [5, 5.41) is 9.56. The van der Waals surface area contributed by atoms with Crippen LogP contribution < -0.4 is 0 Å². The first-order valence-corrected chi connectivity index (χ1v) is 8.05. The van der Waals surface area contributed by atoms with Gasteiger partial charge < -0.3 is 5.11 Å². The molecule has 1 N–H and O–H groups in total. The molecule has 94 valence electrons. The third-order valence-electron chi connectivity index (χ3n) is 3.38. The molecular formula is C14H19BrOS. The Hall–Kier alpha value is 0.01000. The molecule has 0 amide bonds. The summed E-state index contributed by atoms with van der Waals surface area (Å²) in [6, 6.07) is 6.26. The van der Waals surface area contributed by atoms with Crippen molar-refractivity contribution in [2.45, 2.75) is 43.6 Å². The molecule has 17 heavy (non-hydrogen) atoms. The highest BCUT2D eigenvalue weighted by molar-refractivity contribution is 9.10. The predicted molar refractivity (Wildman–Crippen MR) is 77.5 cm³/mol. The maximum absolute atomic E-state index is 9.56. The van der Waals surface area contributed by atoms with Gasteiger partial charge in [0.05, 0.1) is 6.10 Å². The topological polar surface area (TPSA) is 20.2 Å². The van der Waals surface area contributed by atoms with Crippen molar-refractivity contribution in [2.24, 2.45) is 5.92 Å². The quantitative estimate of drug-likeness (QED) is 0.807. The number of thioether (sulfide) groups is 1. The van der Waals surface area contributed by atoms with E-state index in [0.29, 0.717) is 0 Å². The zero-order valence-corrected chi connectivity index (χ0v) is 12.6. The van der Waals surface area contributed by atoms with E-state index in [1.165, 1.54) is 36.3 Å². The molecule has 0 saturated heterocycles. The van der Waals surface area contributed by atoms with E-state index in [2.05, 4.69) is 28.1 Å². The maximum atomic E-state index is 9.56. The molecule has 2 rings (SSSR count). The maximum Gasteiger partial charge on any atom is 0.0772 e. The Morgan fingerprint density at radius 2 is 2.12 bits per heavy atom. The zero-order valence-electron chi connectivity index (χ0n) is 10.2. The van der Waals surface area contributed by atoms with Gasteiger partial charge in [0.2, 0.25) is 0 Å². The molecule has 3 heteroatoms. The lowest BCUT2D eigenvalue weighted by Crippen LogP contribution is -1.97. The van der Waals surface area contributed by atoms with Crippen molar-refractivity contribution in [1.82, 2.24) is 0 Å². The van der Waals surface area contributed by atoms with Crippen molar-refractivity contribution in [3.8, 4) is 0 Å². The number of halogens is 1. The summed E-state index contributed by atoms with van der Waals surface area (Å²) in [4.78, 5) is 1.30. The van der Waals surface area contributed by atoms with Gasteiger partial charge in [-0.2, -0.15) is 0 Å². The van der Waals surface area contributed by atoms with Crippen molar-refractivity contribution >= 4 is 27.7 Å². The first-order valence-electron chi connectivity index (χ1n) is 6.27. The van der Waals surface area contributed by atoms with Gasteiger partial charge in [0.15, 0.2) is 0 Å². The Labute approximate surface area is 116 Å². The molecule has 1 aliphatic rings. The van der Waals surface area contributed by atoms with Crippen LogP contribution in [0.5, 0.6) is 0 Å². The molecule has 0 spiro atoms. The number of hydrogen-bond donors (Lipinski definition) is 1. The number of aliphatic hydroxyl groups excluding tert-OH is 1. The minimum Gasteiger partial charge on any atom is -0.389 e. The Morgan fingerprint density at radius 1 is 1.41 bits per heavy atom. The van der Waals surface area contributed by atoms with Gasteiger partial charge in [-0.15, -0.1) is 11.8 Å². The fourth-order valence-electron chi connectivity index (χ4n) is 2.33. The molecule has 0 aliphatic heterocycles. The summed E-state index contributed by atoms with van der Waals surface area (Å²) < 4.78 is 1.02. The minimum absolute atomic E-state index is 0.404. The van der Waals surface area contributed by atoms with Crippen LogP contribution in [0.1, 0.15) is 44.3 Å². The molecule has 1 atom stereocenters. The summed E-state index contributed by atoms with van der Waals surface area (Å²) in [6.07, 6.45) is 5.23. The van der Waals surface area contributed by atoms with Crippen molar-refractivity contribution < 1.29 is 5.11 Å². The summed E-state index contributed by atoms with van der Waals surface area (Å²) >= 11 is 5.47. The van der Waals surface area contributed by atoms with Gasteiger partial charge >= 0.3 is 0 Å². The predicted octanol–water partition coefficient (Wildman–Crippen LogP) is 4.78. The second kappa shape index (κ2) is 6.26. The highest BCUT2D eigenvalue weighted by Crippen LogP contribution is 2.33. The summed E-state index contributed by atoms with van der Waals surface area (Å²) in [6.45, 7) is 1.80. The largest absolute Gasteiger partial charge is 0.389 e. The van der Waals surface area contributed by atoms with Gasteiger partial charge in [-0.25, -0.2) is 0 Å². The molecule has 1 aromatic rings. The van der Waals surface area contributed by atoms with E-state index in [4.69, 9.17) is 0 Å². The normalized spacial score (nSPS) is 18.5. The van der Waals surface area contributed by atoms with Crippen LogP contribution in [0.15, 0.2) is 27.6 Å². The smallest absolute Gasteiger partial charge is 0.0772 e. The summed E-state index contributed by atoms with van der Waals surface area (Å²) in [7, 11) is 0. The first kappa shape index (κ1) is 13.4. The zero-order chi connectivity index (χ0) is 12.3. The standard InChI is InChI=1S/C14H19BrOS/c1-10(16)13-7-6-12(8-14(13)15)17-9-11-4-2-3-5-11/h6-8,10-11,16H,2-5,9H2,1H3/t10-/m0/s1. The van der Waals surface area contributed by atoms with Gasteiger partial charge in [0.25, 0.3) is 0 Å². The van der Waals surface area contributed by atoms with Crippen LogP contribution in [-0.2, 0) is 0 Å². The Kier molecular flexibility index (Phi) is 4.95. The molecule has 0 heterocycles. The van der Waals surface area contributed by atoms with Crippen molar-refractivity contribution in [2.75, 3.05) is 5.75 Å². The molecular weight excluding hydrogens is 296 g/mol. The number of rotatable bonds is 4. The molecule has 0 unspecified atom stereocenters. The third kappa shape index (κ3) is 3.73. The van der Waals surface area contributed by atoms with E-state index in [-0.39, 0.29) is 0 Å². The highest BCUT2D eigenvalue weighted by Gasteiger charge is 2.15. The van der Waals surface area contributed by atoms with Crippen LogP contribution in [0, 0.1) is 5.92 Å². The van der Waals surface area contributed by atoms with Crippen LogP contribution >= 0.6 is 27.7 Å². The van der Waals surface area contributed by atoms with Crippen molar-refractivity contribution in [3.05, 3.63) is 28.2 Å². The summed E-state index contributed by atoms with van der Waals surface area (Å²) in [5.41, 5.74) is 0.968. The lowest BCUT2D eigenvalue weighted by Gasteiger charge is -2.11. The molecule has 0 radical (unpaired) electrons. The second-order valence-corrected chi connectivity index (χ2v) is 6.77. The number of aliphatic hydroxyl groups is 1. The van der Waals surface area contributed by atoms with Gasteiger partial charge in [0.1, 0.15) is 0 Å². The van der Waals surface area contributed by atoms with Crippen LogP contribution in [0.4, 0.5) is 0 Å². The Morgan fingerprint density at radius 3 is 2.71 bits per heavy atom. The number of hydrogen-bond acceptors (Lipinski definition) is 2. The van der Waals surface area contributed by atoms with Crippen LogP contribution in [0.25, 0.3) is 0 Å². The van der Waals surface area contributed by atoms with E-state index >= 15 is 0 Å². The number of benzene rings is 1. The molecule has 1 aliphatic carbocycles. The lowest BCUT2D eigenvalue weighted by molar-refractivity contribution is 0.198. The average Bonchev–Trinajstić information content (AvgIpc) is 2.78. The first-order chi connectivity index (χ1) is 8.16. The van der Waals surface area contributed by atoms with E-state index in [1.807, 2.05) is 17.8 Å². The highest BCUT2D eigenvalue weighted by atomic mass is 79.9. The fourth-order valence-corrected chi connectivity index (χ4v) is 4.32. The molecule has 0 bridgehead atoms. The molecule has 0 aromatic heterocycles. The second-order valence-electron chi connectivity index (χ2n) is 4.82. The molecule has 1 nitrogen and oxygen atoms in total. The van der Waals surface area contributed by atoms with Gasteiger partial charge in [-0.05, 0) is 43.4 Å². The molecule has 1 saturated carbocycles. The van der Waals surface area contributed by atoms with Crippen LogP contribution in [-0.4, -0.2) is 10.9 Å². The molecule has 1 fully saturated rings. The van der Waals surface area contributed by atoms with Gasteiger partial charge in [-0.1, -0.05) is 34.8 Å². The monoisotopic (exact) mass is 314 g/mol. The summed E-state index contributed by atoms with van der Waals surface area (Å²) in [5.74, 6) is 2.15. The van der Waals surface area contributed by atoms with Crippen LogP contribution in [0.2, 0.25) is 0 Å². The van der Waals surface area contributed by atoms with Gasteiger partial charge in [0, 0.05) is 15.1 Å². The van der Waals surface area contributed by atoms with Crippen molar-refractivity contribution in [3.63, 3.8) is 0 Å². The van der Waals surface area contributed by atoms with Gasteiger partial charge in [-0.3, -0.25) is 0 Å². The molecule has 1 aromatic carbocycles. The van der Waals surface area contributed by atoms with Crippen LogP contribution in [0.3, 0.4) is 0 Å². The van der Waals surface area contributed by atoms with Crippen molar-refractivity contribution in [1.29, 1.82) is 0 Å². The SMILES string of the molecule is C[C@H](O)c1ccc(SCC2CCCC2)cc1Br. The van der Waals surface area contributed by atoms with E-state index in [0.717, 1.165) is 16.0 Å². The van der Waals surface area contributed by atoms with E-state index in [1.54, 1.807) is 6.92 Å². The van der Waals surface area contributed by atoms with E-state index in [9.17, 15) is 5.11 Å². The lowest BCUT2D eigenvalue weighted by atomic mass is 10.1. The third-order valence-corrected chi connectivity index (χ3v) is 5.29. The fraction of sp³-hybridized carbons (Fsp3) is 0.571. The average molecular weight is 315 g/mol. The Balaban J connectivity index is 1.94. The minimum atomic E-state index is -0.404. The van der Waals surface area contributed by atoms with E-state index < -0.39 is 6.10 Å². The Bertz CT molecular complexity index is 372.